The maximum absolute atomic E-state index is 12.8. The molecule has 9 heteroatoms. The van der Waals surface area contributed by atoms with Gasteiger partial charge in [-0.15, -0.1) is 0 Å². The first-order valence-electron chi connectivity index (χ1n) is 8.03. The zero-order valence-electron chi connectivity index (χ0n) is 14.2. The lowest BCUT2D eigenvalue weighted by Crippen LogP contribution is -2.46. The number of carboxylic acid groups (broad SMARTS) is 1. The molecule has 9 nitrogen and oxygen atoms in total. The number of carboxylic acids is 1. The largest absolute Gasteiger partial charge is 0.481 e. The molecule has 0 fully saturated rings. The van der Waals surface area contributed by atoms with Crippen LogP contribution >= 0.6 is 0 Å². The Balaban J connectivity index is 2.23. The monoisotopic (exact) mass is 371 g/mol. The third kappa shape index (κ3) is 5.63. The van der Waals surface area contributed by atoms with Gasteiger partial charge in [-0.3, -0.25) is 29.9 Å². The second-order valence-corrected chi connectivity index (χ2v) is 5.57. The fourth-order valence-corrected chi connectivity index (χ4v) is 2.27. The van der Waals surface area contributed by atoms with E-state index in [2.05, 4.69) is 5.43 Å². The zero-order valence-corrected chi connectivity index (χ0v) is 14.2. The van der Waals surface area contributed by atoms with Crippen LogP contribution in [0.5, 0.6) is 0 Å². The van der Waals surface area contributed by atoms with Gasteiger partial charge in [-0.2, -0.15) is 0 Å². The number of nitrogens with one attached hydrogen (secondary N) is 1. The maximum Gasteiger partial charge on any atom is 0.303 e. The van der Waals surface area contributed by atoms with Gasteiger partial charge in [-0.25, -0.2) is 5.01 Å². The van der Waals surface area contributed by atoms with Crippen LogP contribution < -0.4 is 10.4 Å². The summed E-state index contributed by atoms with van der Waals surface area (Å²) in [5.41, 5.74) is 2.58. The average Bonchev–Trinajstić information content (AvgIpc) is 2.66. The van der Waals surface area contributed by atoms with E-state index >= 15 is 0 Å². The van der Waals surface area contributed by atoms with Gasteiger partial charge in [-0.05, 0) is 24.6 Å². The molecule has 27 heavy (non-hydrogen) atoms. The maximum atomic E-state index is 12.8. The molecule has 0 atom stereocenters. The van der Waals surface area contributed by atoms with Crippen LogP contribution in [0, 0.1) is 10.1 Å². The van der Waals surface area contributed by atoms with Crippen LogP contribution in [0.3, 0.4) is 0 Å². The normalized spacial score (nSPS) is 10.1. The molecule has 2 N–H and O–H groups in total. The molecule has 0 heterocycles. The van der Waals surface area contributed by atoms with Gasteiger partial charge < -0.3 is 5.11 Å². The highest BCUT2D eigenvalue weighted by atomic mass is 16.6. The number of hydrogen-bond donors (Lipinski definition) is 2. The Morgan fingerprint density at radius 2 is 1.74 bits per heavy atom. The second kappa shape index (κ2) is 9.09. The molecule has 0 saturated carbocycles. The lowest BCUT2D eigenvalue weighted by atomic mass is 10.1. The molecule has 0 aliphatic rings. The van der Waals surface area contributed by atoms with E-state index < -0.39 is 22.7 Å². The molecular formula is C18H17N3O6. The number of non-ortho nitro benzene ring substituents is 1. The molecule has 0 saturated heterocycles. The number of nitro groups is 1. The standard InChI is InChI=1S/C18H17N3O6/c22-16(10-5-11-17(23)24)19-20(14-7-2-1-3-8-14)18(25)13-6-4-9-15(12-13)21(26)27/h1-4,6-9,12H,5,10-11H2,(H,19,22)(H,23,24). The SMILES string of the molecule is O=C(O)CCCC(=O)NN(C(=O)c1cccc([N+](=O)[O-])c1)c1ccccc1. The third-order valence-corrected chi connectivity index (χ3v) is 3.55. The van der Waals surface area contributed by atoms with Crippen LogP contribution in [0.1, 0.15) is 29.6 Å². The number of amides is 2. The van der Waals surface area contributed by atoms with Crippen molar-refractivity contribution in [3.8, 4) is 0 Å². The van der Waals surface area contributed by atoms with E-state index in [-0.39, 0.29) is 30.5 Å². The van der Waals surface area contributed by atoms with Crippen molar-refractivity contribution < 1.29 is 24.4 Å². The molecule has 140 valence electrons. The zero-order chi connectivity index (χ0) is 19.8. The van der Waals surface area contributed by atoms with E-state index in [0.29, 0.717) is 5.69 Å². The van der Waals surface area contributed by atoms with Gasteiger partial charge >= 0.3 is 5.97 Å². The molecule has 0 spiro atoms. The molecule has 2 aromatic rings. The first kappa shape index (κ1) is 19.6. The summed E-state index contributed by atoms with van der Waals surface area (Å²) < 4.78 is 0. The van der Waals surface area contributed by atoms with Crippen LogP contribution in [-0.4, -0.2) is 27.8 Å². The van der Waals surface area contributed by atoms with Crippen molar-refractivity contribution in [1.29, 1.82) is 0 Å². The van der Waals surface area contributed by atoms with Crippen molar-refractivity contribution in [2.24, 2.45) is 0 Å². The fraction of sp³-hybridized carbons (Fsp3) is 0.167. The predicted molar refractivity (Wildman–Crippen MR) is 96.0 cm³/mol. The van der Waals surface area contributed by atoms with E-state index in [4.69, 9.17) is 5.11 Å². The summed E-state index contributed by atoms with van der Waals surface area (Å²) in [5.74, 6) is -2.22. The summed E-state index contributed by atoms with van der Waals surface area (Å²) in [6.07, 6.45) is -0.135. The minimum atomic E-state index is -1.02. The van der Waals surface area contributed by atoms with Crippen molar-refractivity contribution in [2.75, 3.05) is 5.01 Å². The number of carbonyl (C=O) groups is 3. The number of hydrazine groups is 1. The van der Waals surface area contributed by atoms with Crippen LogP contribution in [0.25, 0.3) is 0 Å². The van der Waals surface area contributed by atoms with Crippen LogP contribution in [0.2, 0.25) is 0 Å². The topological polar surface area (TPSA) is 130 Å². The van der Waals surface area contributed by atoms with E-state index in [1.807, 2.05) is 0 Å². The summed E-state index contributed by atoms with van der Waals surface area (Å²) in [5, 5.41) is 20.6. The second-order valence-electron chi connectivity index (χ2n) is 5.57. The molecule has 2 aromatic carbocycles. The average molecular weight is 371 g/mol. The van der Waals surface area contributed by atoms with E-state index in [1.54, 1.807) is 30.3 Å². The van der Waals surface area contributed by atoms with Crippen molar-refractivity contribution in [1.82, 2.24) is 5.43 Å². The quantitative estimate of drug-likeness (QED) is 0.568. The first-order valence-corrected chi connectivity index (χ1v) is 8.03. The summed E-state index contributed by atoms with van der Waals surface area (Å²) in [4.78, 5) is 45.8. The van der Waals surface area contributed by atoms with E-state index in [1.165, 1.54) is 18.2 Å². The Morgan fingerprint density at radius 1 is 1.04 bits per heavy atom. The molecule has 0 aliphatic heterocycles. The van der Waals surface area contributed by atoms with Crippen LogP contribution in [0.15, 0.2) is 54.6 Å². The summed E-state index contributed by atoms with van der Waals surface area (Å²) in [6, 6.07) is 13.4. The molecule has 0 aromatic heterocycles. The number of benzene rings is 2. The Bertz CT molecular complexity index is 853. The fourth-order valence-electron chi connectivity index (χ4n) is 2.27. The van der Waals surface area contributed by atoms with E-state index in [0.717, 1.165) is 11.1 Å². The number of rotatable bonds is 7. The van der Waals surface area contributed by atoms with Crippen LogP contribution in [-0.2, 0) is 9.59 Å². The lowest BCUT2D eigenvalue weighted by molar-refractivity contribution is -0.384. The van der Waals surface area contributed by atoms with Gasteiger partial charge in [0, 0.05) is 30.5 Å². The summed E-state index contributed by atoms with van der Waals surface area (Å²) in [6.45, 7) is 0. The minimum Gasteiger partial charge on any atom is -0.481 e. The highest BCUT2D eigenvalue weighted by Gasteiger charge is 2.21. The number of nitro benzene ring substituents is 1. The van der Waals surface area contributed by atoms with Crippen LogP contribution in [0.4, 0.5) is 11.4 Å². The van der Waals surface area contributed by atoms with Gasteiger partial charge in [0.25, 0.3) is 11.6 Å². The lowest BCUT2D eigenvalue weighted by Gasteiger charge is -2.23. The molecule has 0 unspecified atom stereocenters. The Kier molecular flexibility index (Phi) is 6.59. The molecule has 0 aliphatic carbocycles. The number of nitrogens with zero attached hydrogens (tertiary/aromatic N) is 2. The molecular weight excluding hydrogens is 354 g/mol. The smallest absolute Gasteiger partial charge is 0.303 e. The number of carbonyl (C=O) groups excluding carboxylic acids is 2. The number of para-hydroxylation sites is 1. The Morgan fingerprint density at radius 3 is 2.37 bits per heavy atom. The number of anilines is 1. The number of aliphatic carboxylic acids is 1. The van der Waals surface area contributed by atoms with Gasteiger partial charge in [0.15, 0.2) is 0 Å². The van der Waals surface area contributed by atoms with Crippen molar-refractivity contribution in [3.05, 3.63) is 70.3 Å². The highest BCUT2D eigenvalue weighted by Crippen LogP contribution is 2.18. The minimum absolute atomic E-state index is 0.0267. The summed E-state index contributed by atoms with van der Waals surface area (Å²) >= 11 is 0. The highest BCUT2D eigenvalue weighted by molar-refractivity contribution is 6.07. The molecule has 0 bridgehead atoms. The van der Waals surface area contributed by atoms with Crippen molar-refractivity contribution in [2.45, 2.75) is 19.3 Å². The van der Waals surface area contributed by atoms with Gasteiger partial charge in [0.05, 0.1) is 10.6 Å². The third-order valence-electron chi connectivity index (χ3n) is 3.55. The van der Waals surface area contributed by atoms with Gasteiger partial charge in [0.1, 0.15) is 0 Å². The predicted octanol–water partition coefficient (Wildman–Crippen LogP) is 2.53. The van der Waals surface area contributed by atoms with Gasteiger partial charge in [0.2, 0.25) is 5.91 Å². The summed E-state index contributed by atoms with van der Waals surface area (Å²) in [7, 11) is 0. The Labute approximate surface area is 154 Å². The van der Waals surface area contributed by atoms with Gasteiger partial charge in [-0.1, -0.05) is 24.3 Å². The molecule has 0 radical (unpaired) electrons. The first-order chi connectivity index (χ1) is 12.9. The molecule has 2 rings (SSSR count). The number of hydrogen-bond acceptors (Lipinski definition) is 5. The van der Waals surface area contributed by atoms with E-state index in [9.17, 15) is 24.5 Å². The Hall–Kier alpha value is -3.75. The van der Waals surface area contributed by atoms with Crippen molar-refractivity contribution in [3.63, 3.8) is 0 Å². The van der Waals surface area contributed by atoms with Crippen molar-refractivity contribution >= 4 is 29.2 Å². The molecule has 2 amide bonds.